The van der Waals surface area contributed by atoms with Crippen molar-refractivity contribution in [3.63, 3.8) is 0 Å². The van der Waals surface area contributed by atoms with E-state index in [1.807, 2.05) is 19.9 Å². The number of nitrogens with two attached hydrogens (primary N) is 1. The monoisotopic (exact) mass is 278 g/mol. The second-order valence-electron chi connectivity index (χ2n) is 6.05. The largest absolute Gasteiger partial charge is 0.368 e. The maximum Gasteiger partial charge on any atom is 0.126 e. The van der Waals surface area contributed by atoms with Gasteiger partial charge in [0, 0.05) is 24.3 Å². The van der Waals surface area contributed by atoms with Gasteiger partial charge in [0.25, 0.3) is 0 Å². The summed E-state index contributed by atoms with van der Waals surface area (Å²) in [4.78, 5) is 2.47. The molecule has 0 spiro atoms. The van der Waals surface area contributed by atoms with Crippen molar-refractivity contribution in [1.29, 1.82) is 0 Å². The van der Waals surface area contributed by atoms with Crippen molar-refractivity contribution in [3.05, 3.63) is 29.1 Å². The Hall–Kier alpha value is -1.09. The van der Waals surface area contributed by atoms with Gasteiger partial charge in [0.15, 0.2) is 0 Å². The summed E-state index contributed by atoms with van der Waals surface area (Å²) < 4.78 is 13.9. The lowest BCUT2D eigenvalue weighted by Crippen LogP contribution is -2.35. The molecule has 112 valence electrons. The molecule has 1 aromatic rings. The number of anilines is 1. The van der Waals surface area contributed by atoms with Crippen molar-refractivity contribution in [3.8, 4) is 0 Å². The summed E-state index contributed by atoms with van der Waals surface area (Å²) in [7, 11) is 0. The number of aryl methyl sites for hydroxylation is 1. The molecule has 2 unspecified atom stereocenters. The average molecular weight is 278 g/mol. The molecule has 0 radical (unpaired) electrons. The summed E-state index contributed by atoms with van der Waals surface area (Å²) in [5, 5.41) is 0. The summed E-state index contributed by atoms with van der Waals surface area (Å²) in [6, 6.07) is 4.04. The Morgan fingerprint density at radius 2 is 2.10 bits per heavy atom. The maximum absolute atomic E-state index is 13.9. The molecule has 2 nitrogen and oxygen atoms in total. The third-order valence-electron chi connectivity index (χ3n) is 4.46. The predicted octanol–water partition coefficient (Wildman–Crippen LogP) is 4.31. The highest BCUT2D eigenvalue weighted by molar-refractivity contribution is 5.58. The van der Waals surface area contributed by atoms with Crippen molar-refractivity contribution in [2.75, 3.05) is 11.4 Å². The molecule has 1 heterocycles. The zero-order valence-corrected chi connectivity index (χ0v) is 13.0. The normalized spacial score (nSPS) is 21.6. The molecule has 1 fully saturated rings. The molecule has 0 aliphatic carbocycles. The van der Waals surface area contributed by atoms with Gasteiger partial charge in [-0.2, -0.15) is 0 Å². The fourth-order valence-electron chi connectivity index (χ4n) is 3.21. The number of hydrogen-bond donors (Lipinski definition) is 1. The third kappa shape index (κ3) is 3.14. The Kier molecular flexibility index (Phi) is 5.03. The van der Waals surface area contributed by atoms with Crippen molar-refractivity contribution in [2.45, 2.75) is 65.0 Å². The van der Waals surface area contributed by atoms with Gasteiger partial charge in [-0.25, -0.2) is 4.39 Å². The minimum absolute atomic E-state index is 0.138. The highest BCUT2D eigenvalue weighted by Gasteiger charge is 2.23. The van der Waals surface area contributed by atoms with E-state index in [0.29, 0.717) is 11.6 Å². The molecule has 1 aliphatic heterocycles. The minimum atomic E-state index is -0.149. The molecule has 20 heavy (non-hydrogen) atoms. The van der Waals surface area contributed by atoms with Gasteiger partial charge in [-0.3, -0.25) is 0 Å². The average Bonchev–Trinajstić information content (AvgIpc) is 2.66. The number of halogens is 1. The topological polar surface area (TPSA) is 29.3 Å². The molecule has 1 aliphatic rings. The van der Waals surface area contributed by atoms with Gasteiger partial charge in [-0.1, -0.05) is 19.8 Å². The summed E-state index contributed by atoms with van der Waals surface area (Å²) >= 11 is 0. The Morgan fingerprint density at radius 3 is 2.75 bits per heavy atom. The number of nitrogens with zero attached hydrogens (tertiary/aromatic N) is 1. The van der Waals surface area contributed by atoms with E-state index < -0.39 is 0 Å². The molecule has 0 amide bonds. The second-order valence-corrected chi connectivity index (χ2v) is 6.05. The van der Waals surface area contributed by atoms with Gasteiger partial charge in [0.1, 0.15) is 5.82 Å². The van der Waals surface area contributed by atoms with E-state index in [-0.39, 0.29) is 11.9 Å². The molecule has 1 saturated heterocycles. The van der Waals surface area contributed by atoms with E-state index in [9.17, 15) is 4.39 Å². The molecule has 0 saturated carbocycles. The Bertz CT molecular complexity index is 457. The van der Waals surface area contributed by atoms with Crippen LogP contribution in [0.1, 0.15) is 63.1 Å². The molecular weight excluding hydrogens is 251 g/mol. The molecule has 1 aromatic carbocycles. The van der Waals surface area contributed by atoms with Gasteiger partial charge in [-0.05, 0) is 56.4 Å². The van der Waals surface area contributed by atoms with Gasteiger partial charge < -0.3 is 10.6 Å². The SMILES string of the molecule is CCC1CCCCCN1c1cc(C)c(F)cc1C(C)N. The van der Waals surface area contributed by atoms with Gasteiger partial charge in [0.05, 0.1) is 0 Å². The summed E-state index contributed by atoms with van der Waals surface area (Å²) in [6.45, 7) is 7.07. The molecule has 3 heteroatoms. The van der Waals surface area contributed by atoms with Gasteiger partial charge in [0.2, 0.25) is 0 Å². The fraction of sp³-hybridized carbons (Fsp3) is 0.647. The highest BCUT2D eigenvalue weighted by Crippen LogP contribution is 2.33. The highest BCUT2D eigenvalue weighted by atomic mass is 19.1. The first-order valence-electron chi connectivity index (χ1n) is 7.86. The summed E-state index contributed by atoms with van der Waals surface area (Å²) in [6.07, 6.45) is 6.16. The van der Waals surface area contributed by atoms with Crippen molar-refractivity contribution >= 4 is 5.69 Å². The van der Waals surface area contributed by atoms with Crippen LogP contribution in [0.15, 0.2) is 12.1 Å². The predicted molar refractivity (Wildman–Crippen MR) is 83.6 cm³/mol. The first kappa shape index (κ1) is 15.3. The third-order valence-corrected chi connectivity index (χ3v) is 4.46. The molecule has 0 bridgehead atoms. The number of benzene rings is 1. The van der Waals surface area contributed by atoms with E-state index in [2.05, 4.69) is 11.8 Å². The van der Waals surface area contributed by atoms with Crippen LogP contribution in [0.2, 0.25) is 0 Å². The minimum Gasteiger partial charge on any atom is -0.368 e. The van der Waals surface area contributed by atoms with Crippen LogP contribution in [0.5, 0.6) is 0 Å². The van der Waals surface area contributed by atoms with Crippen LogP contribution >= 0.6 is 0 Å². The van der Waals surface area contributed by atoms with E-state index in [4.69, 9.17) is 5.73 Å². The molecular formula is C17H27FN2. The van der Waals surface area contributed by atoms with Crippen molar-refractivity contribution in [2.24, 2.45) is 5.73 Å². The Morgan fingerprint density at radius 1 is 1.35 bits per heavy atom. The van der Waals surface area contributed by atoms with Crippen LogP contribution in [0.25, 0.3) is 0 Å². The molecule has 2 atom stereocenters. The van der Waals surface area contributed by atoms with Crippen molar-refractivity contribution < 1.29 is 4.39 Å². The lowest BCUT2D eigenvalue weighted by Gasteiger charge is -2.34. The van der Waals surface area contributed by atoms with E-state index >= 15 is 0 Å². The Labute approximate surface area is 122 Å². The smallest absolute Gasteiger partial charge is 0.126 e. The zero-order valence-electron chi connectivity index (χ0n) is 13.0. The lowest BCUT2D eigenvalue weighted by molar-refractivity contribution is 0.551. The van der Waals surface area contributed by atoms with Crippen LogP contribution in [-0.4, -0.2) is 12.6 Å². The number of rotatable bonds is 3. The van der Waals surface area contributed by atoms with Crippen LogP contribution in [0.3, 0.4) is 0 Å². The van der Waals surface area contributed by atoms with Crippen molar-refractivity contribution in [1.82, 2.24) is 0 Å². The first-order chi connectivity index (χ1) is 9.54. The second kappa shape index (κ2) is 6.57. The molecule has 0 aromatic heterocycles. The maximum atomic E-state index is 13.9. The van der Waals surface area contributed by atoms with Gasteiger partial charge in [-0.15, -0.1) is 0 Å². The standard InChI is InChI=1S/C17H27FN2/c1-4-14-8-6-5-7-9-20(14)17-10-12(2)16(18)11-15(17)13(3)19/h10-11,13-14H,4-9,19H2,1-3H3. The molecule has 2 rings (SSSR count). The van der Waals surface area contributed by atoms with Crippen LogP contribution in [-0.2, 0) is 0 Å². The first-order valence-corrected chi connectivity index (χ1v) is 7.86. The van der Waals surface area contributed by atoms with Crippen LogP contribution in [0.4, 0.5) is 10.1 Å². The van der Waals surface area contributed by atoms with Crippen LogP contribution in [0, 0.1) is 12.7 Å². The quantitative estimate of drug-likeness (QED) is 0.892. The molecule has 2 N–H and O–H groups in total. The number of hydrogen-bond acceptors (Lipinski definition) is 2. The van der Waals surface area contributed by atoms with E-state index in [1.54, 1.807) is 6.07 Å². The fourth-order valence-corrected chi connectivity index (χ4v) is 3.21. The Balaban J connectivity index is 2.45. The van der Waals surface area contributed by atoms with E-state index in [0.717, 1.165) is 24.2 Å². The summed E-state index contributed by atoms with van der Waals surface area (Å²) in [5.41, 5.74) is 8.87. The summed E-state index contributed by atoms with van der Waals surface area (Å²) in [5.74, 6) is -0.149. The lowest BCUT2D eigenvalue weighted by atomic mass is 10.00. The van der Waals surface area contributed by atoms with Crippen LogP contribution < -0.4 is 10.6 Å². The van der Waals surface area contributed by atoms with E-state index in [1.165, 1.54) is 25.7 Å². The zero-order chi connectivity index (χ0) is 14.7. The van der Waals surface area contributed by atoms with Gasteiger partial charge >= 0.3 is 0 Å².